The van der Waals surface area contributed by atoms with Crippen molar-refractivity contribution in [1.82, 2.24) is 9.88 Å². The van der Waals surface area contributed by atoms with Crippen LogP contribution in [0, 0.1) is 19.7 Å². The Morgan fingerprint density at radius 2 is 1.89 bits per heavy atom. The zero-order valence-electron chi connectivity index (χ0n) is 16.5. The zero-order valence-corrected chi connectivity index (χ0v) is 16.5. The molecule has 0 aliphatic carbocycles. The average molecular weight is 372 g/mol. The predicted molar refractivity (Wildman–Crippen MR) is 110 cm³/mol. The number of benzene rings is 1. The van der Waals surface area contributed by atoms with E-state index in [4.69, 9.17) is 5.73 Å². The number of nitrogens with one attached hydrogen (secondary N) is 2. The summed E-state index contributed by atoms with van der Waals surface area (Å²) in [5.74, 6) is -0.548. The van der Waals surface area contributed by atoms with Gasteiger partial charge in [-0.2, -0.15) is 0 Å². The maximum atomic E-state index is 13.3. The highest BCUT2D eigenvalue weighted by molar-refractivity contribution is 6.34. The van der Waals surface area contributed by atoms with Crippen LogP contribution in [0.25, 0.3) is 11.6 Å². The monoisotopic (exact) mass is 372 g/mol. The highest BCUT2D eigenvalue weighted by Gasteiger charge is 2.24. The Kier molecular flexibility index (Phi) is 7.33. The van der Waals surface area contributed by atoms with Crippen molar-refractivity contribution in [2.24, 2.45) is 5.73 Å². The summed E-state index contributed by atoms with van der Waals surface area (Å²) in [6, 6.07) is 6.30. The van der Waals surface area contributed by atoms with Crippen LogP contribution in [-0.2, 0) is 4.79 Å². The topological polar surface area (TPSA) is 74.2 Å². The van der Waals surface area contributed by atoms with Gasteiger partial charge in [0.05, 0.1) is 5.57 Å². The van der Waals surface area contributed by atoms with Crippen molar-refractivity contribution in [1.29, 1.82) is 0 Å². The molecule has 3 rings (SSSR count). The molecule has 0 unspecified atom stereocenters. The van der Waals surface area contributed by atoms with E-state index >= 15 is 0 Å². The fraction of sp³-hybridized carbons (Fsp3) is 0.381. The van der Waals surface area contributed by atoms with Gasteiger partial charge in [0.1, 0.15) is 5.82 Å². The molecule has 146 valence electrons. The molecule has 27 heavy (non-hydrogen) atoms. The molecule has 0 atom stereocenters. The molecule has 1 aromatic heterocycles. The van der Waals surface area contributed by atoms with E-state index in [2.05, 4.69) is 29.0 Å². The summed E-state index contributed by atoms with van der Waals surface area (Å²) in [6.07, 6.45) is 1.77. The van der Waals surface area contributed by atoms with Crippen molar-refractivity contribution < 1.29 is 9.18 Å². The molecule has 1 aromatic carbocycles. The minimum absolute atomic E-state index is 0.202. The van der Waals surface area contributed by atoms with Crippen LogP contribution in [-0.4, -0.2) is 42.0 Å². The fourth-order valence-electron chi connectivity index (χ4n) is 3.07. The fourth-order valence-corrected chi connectivity index (χ4v) is 3.07. The number of hydrogen-bond acceptors (Lipinski definition) is 3. The molecule has 0 bridgehead atoms. The second-order valence-corrected chi connectivity index (χ2v) is 6.57. The lowest BCUT2D eigenvalue weighted by Gasteiger charge is -2.15. The third-order valence-corrected chi connectivity index (χ3v) is 4.58. The standard InChI is InChI=1S/C15H13FN2O.C6H16N2/c1-8-5-9(2)17-14(8)7-12-11-6-10(16)3-4-13(11)18-15(12)19;1-3-8(4-2)6-5-7/h3-7,17H,1-2H3,(H,18,19);3-7H2,1-2H3. The van der Waals surface area contributed by atoms with Crippen LogP contribution >= 0.6 is 0 Å². The number of fused-ring (bicyclic) bond motifs is 1. The van der Waals surface area contributed by atoms with E-state index in [0.717, 1.165) is 43.1 Å². The van der Waals surface area contributed by atoms with Gasteiger partial charge in [-0.05, 0) is 62.8 Å². The second-order valence-electron chi connectivity index (χ2n) is 6.57. The van der Waals surface area contributed by atoms with Crippen LogP contribution in [0.5, 0.6) is 0 Å². The first-order valence-electron chi connectivity index (χ1n) is 9.31. The van der Waals surface area contributed by atoms with Crippen molar-refractivity contribution in [2.45, 2.75) is 27.7 Å². The number of carbonyl (C=O) groups excluding carboxylic acids is 1. The Morgan fingerprint density at radius 3 is 2.41 bits per heavy atom. The molecule has 1 aliphatic heterocycles. The van der Waals surface area contributed by atoms with Gasteiger partial charge in [-0.15, -0.1) is 0 Å². The zero-order chi connectivity index (χ0) is 20.0. The highest BCUT2D eigenvalue weighted by atomic mass is 19.1. The number of H-pyrrole nitrogens is 1. The quantitative estimate of drug-likeness (QED) is 0.703. The Morgan fingerprint density at radius 1 is 1.19 bits per heavy atom. The molecule has 0 spiro atoms. The summed E-state index contributed by atoms with van der Waals surface area (Å²) in [7, 11) is 0. The molecule has 2 heterocycles. The highest BCUT2D eigenvalue weighted by Crippen LogP contribution is 2.33. The molecule has 6 heteroatoms. The maximum Gasteiger partial charge on any atom is 0.256 e. The summed E-state index contributed by atoms with van der Waals surface area (Å²) in [6.45, 7) is 12.3. The summed E-state index contributed by atoms with van der Waals surface area (Å²) in [5.41, 5.74) is 10.0. The van der Waals surface area contributed by atoms with E-state index in [1.54, 1.807) is 12.1 Å². The Labute approximate surface area is 160 Å². The number of aryl methyl sites for hydroxylation is 2. The maximum absolute atomic E-state index is 13.3. The number of halogens is 1. The first-order chi connectivity index (χ1) is 12.9. The van der Waals surface area contributed by atoms with Gasteiger partial charge in [0.2, 0.25) is 0 Å². The lowest BCUT2D eigenvalue weighted by Crippen LogP contribution is -2.28. The number of carbonyl (C=O) groups is 1. The van der Waals surface area contributed by atoms with Crippen LogP contribution in [0.3, 0.4) is 0 Å². The van der Waals surface area contributed by atoms with Gasteiger partial charge in [-0.3, -0.25) is 4.79 Å². The van der Waals surface area contributed by atoms with Gasteiger partial charge >= 0.3 is 0 Å². The predicted octanol–water partition coefficient (Wildman–Crippen LogP) is 3.55. The van der Waals surface area contributed by atoms with Crippen molar-refractivity contribution in [2.75, 3.05) is 31.5 Å². The van der Waals surface area contributed by atoms with Crippen molar-refractivity contribution in [3.8, 4) is 0 Å². The number of anilines is 1. The SMILES string of the molecule is CCN(CC)CCN.Cc1cc(C)c(C=C2C(=O)Nc3ccc(F)cc32)[nH]1. The van der Waals surface area contributed by atoms with E-state index in [1.165, 1.54) is 12.1 Å². The van der Waals surface area contributed by atoms with Crippen LogP contribution < -0.4 is 11.1 Å². The summed E-state index contributed by atoms with van der Waals surface area (Å²) in [5, 5.41) is 2.73. The first kappa shape index (κ1) is 20.9. The second kappa shape index (κ2) is 9.48. The van der Waals surface area contributed by atoms with E-state index < -0.39 is 0 Å². The smallest absolute Gasteiger partial charge is 0.256 e. The summed E-state index contributed by atoms with van der Waals surface area (Å²) in [4.78, 5) is 17.4. The molecule has 1 amide bonds. The van der Waals surface area contributed by atoms with Crippen LogP contribution in [0.15, 0.2) is 24.3 Å². The molecule has 5 nitrogen and oxygen atoms in total. The van der Waals surface area contributed by atoms with Gasteiger partial charge in [0, 0.05) is 35.7 Å². The van der Waals surface area contributed by atoms with Crippen molar-refractivity contribution in [3.05, 3.63) is 52.6 Å². The number of likely N-dealkylation sites (N-methyl/N-ethyl adjacent to an activating group) is 1. The number of nitrogens with two attached hydrogens (primary N) is 1. The molecule has 0 radical (unpaired) electrons. The van der Waals surface area contributed by atoms with Gasteiger partial charge in [0.15, 0.2) is 0 Å². The largest absolute Gasteiger partial charge is 0.359 e. The minimum atomic E-state index is -0.347. The van der Waals surface area contributed by atoms with E-state index in [0.29, 0.717) is 16.8 Å². The molecule has 1 aliphatic rings. The van der Waals surface area contributed by atoms with Crippen molar-refractivity contribution >= 4 is 23.2 Å². The average Bonchev–Trinajstić information content (AvgIpc) is 3.12. The normalized spacial score (nSPS) is 14.2. The van der Waals surface area contributed by atoms with Gasteiger partial charge in [-0.1, -0.05) is 13.8 Å². The Bertz CT molecular complexity index is 822. The van der Waals surface area contributed by atoms with Crippen LogP contribution in [0.4, 0.5) is 10.1 Å². The van der Waals surface area contributed by atoms with E-state index in [1.807, 2.05) is 19.9 Å². The number of aromatic nitrogens is 1. The number of hydrogen-bond donors (Lipinski definition) is 3. The lowest BCUT2D eigenvalue weighted by molar-refractivity contribution is -0.110. The van der Waals surface area contributed by atoms with Gasteiger partial charge < -0.3 is 20.9 Å². The number of rotatable bonds is 5. The van der Waals surface area contributed by atoms with Crippen molar-refractivity contribution in [3.63, 3.8) is 0 Å². The number of nitrogens with zero attached hydrogens (tertiary/aromatic N) is 1. The van der Waals surface area contributed by atoms with Crippen LogP contribution in [0.2, 0.25) is 0 Å². The Hall–Kier alpha value is -2.44. The molecule has 4 N–H and O–H groups in total. The van der Waals surface area contributed by atoms with Crippen LogP contribution in [0.1, 0.15) is 36.4 Å². The summed E-state index contributed by atoms with van der Waals surface area (Å²) < 4.78 is 13.3. The minimum Gasteiger partial charge on any atom is -0.359 e. The summed E-state index contributed by atoms with van der Waals surface area (Å²) >= 11 is 0. The third-order valence-electron chi connectivity index (χ3n) is 4.58. The Balaban J connectivity index is 0.000000279. The van der Waals surface area contributed by atoms with Gasteiger partial charge in [0.25, 0.3) is 5.91 Å². The molecular formula is C21H29FN4O. The molecule has 0 fully saturated rings. The van der Waals surface area contributed by atoms with Gasteiger partial charge in [-0.25, -0.2) is 4.39 Å². The molecule has 2 aromatic rings. The molecular weight excluding hydrogens is 343 g/mol. The number of aromatic amines is 1. The molecule has 0 saturated heterocycles. The molecule has 0 saturated carbocycles. The van der Waals surface area contributed by atoms with E-state index in [-0.39, 0.29) is 11.7 Å². The van der Waals surface area contributed by atoms with E-state index in [9.17, 15) is 9.18 Å². The first-order valence-corrected chi connectivity index (χ1v) is 9.31. The number of amides is 1. The lowest BCUT2D eigenvalue weighted by atomic mass is 10.1. The third kappa shape index (κ3) is 5.28.